The smallest absolute Gasteiger partial charge is 0.323 e. The van der Waals surface area contributed by atoms with Crippen molar-refractivity contribution >= 4 is 38.3 Å². The topological polar surface area (TPSA) is 85.8 Å². The van der Waals surface area contributed by atoms with E-state index in [0.29, 0.717) is 16.5 Å². The zero-order valence-electron chi connectivity index (χ0n) is 18.7. The summed E-state index contributed by atoms with van der Waals surface area (Å²) in [6.07, 6.45) is 10.4. The van der Waals surface area contributed by atoms with E-state index >= 15 is 0 Å². The van der Waals surface area contributed by atoms with Crippen LogP contribution in [0.5, 0.6) is 5.88 Å². The molecule has 5 rings (SSSR count). The maximum Gasteiger partial charge on any atom is 0.323 e. The summed E-state index contributed by atoms with van der Waals surface area (Å²) in [5, 5.41) is 3.60. The monoisotopic (exact) mass is 458 g/mol. The number of carbonyl (C=O) groups is 1. The van der Waals surface area contributed by atoms with Gasteiger partial charge in [0.25, 0.3) is 0 Å². The van der Waals surface area contributed by atoms with Crippen LogP contribution in [-0.2, 0) is 9.47 Å². The fraction of sp³-hybridized carbons (Fsp3) is 0.609. The van der Waals surface area contributed by atoms with Gasteiger partial charge in [-0.05, 0) is 44.1 Å². The molecule has 4 heterocycles. The molecule has 1 spiro atoms. The first-order valence-electron chi connectivity index (χ1n) is 11.3. The molecule has 2 fully saturated rings. The van der Waals surface area contributed by atoms with Gasteiger partial charge in [0.2, 0.25) is 5.88 Å². The van der Waals surface area contributed by atoms with Crippen LogP contribution in [0.2, 0.25) is 0 Å². The number of nitrogens with zero attached hydrogens (tertiary/aromatic N) is 3. The van der Waals surface area contributed by atoms with Crippen molar-refractivity contribution in [3.8, 4) is 5.88 Å². The molecule has 32 heavy (non-hydrogen) atoms. The molecule has 1 N–H and O–H groups in total. The van der Waals surface area contributed by atoms with Gasteiger partial charge in [-0.25, -0.2) is 14.8 Å². The van der Waals surface area contributed by atoms with Crippen molar-refractivity contribution in [3.63, 3.8) is 0 Å². The fourth-order valence-electron chi connectivity index (χ4n) is 5.10. The number of hydrogen-bond donors (Lipinski definition) is 1. The first kappa shape index (κ1) is 21.6. The van der Waals surface area contributed by atoms with Gasteiger partial charge in [0.15, 0.2) is 5.13 Å². The second-order valence-corrected chi connectivity index (χ2v) is 10.00. The average molecular weight is 459 g/mol. The Bertz CT molecular complexity index is 1030. The predicted molar refractivity (Wildman–Crippen MR) is 124 cm³/mol. The lowest BCUT2D eigenvalue weighted by Crippen LogP contribution is -2.38. The molecule has 1 unspecified atom stereocenters. The Hall–Kier alpha value is -2.23. The molecule has 2 aromatic rings. The fourth-order valence-corrected chi connectivity index (χ4v) is 6.09. The highest BCUT2D eigenvalue weighted by atomic mass is 32.1. The van der Waals surface area contributed by atoms with Crippen LogP contribution >= 0.6 is 11.3 Å². The third-order valence-corrected chi connectivity index (χ3v) is 7.97. The number of carbonyl (C=O) groups excluding carboxylic acids is 1. The van der Waals surface area contributed by atoms with Gasteiger partial charge in [0.05, 0.1) is 24.5 Å². The molecule has 3 aliphatic rings. The molecule has 0 saturated carbocycles. The van der Waals surface area contributed by atoms with Crippen molar-refractivity contribution in [2.45, 2.75) is 44.6 Å². The Morgan fingerprint density at radius 3 is 3.00 bits per heavy atom. The number of urea groups is 1. The largest absolute Gasteiger partial charge is 0.479 e. The van der Waals surface area contributed by atoms with E-state index in [1.165, 1.54) is 16.9 Å². The third kappa shape index (κ3) is 4.09. The molecule has 2 aromatic heterocycles. The Kier molecular flexibility index (Phi) is 6.05. The van der Waals surface area contributed by atoms with Crippen molar-refractivity contribution in [2.24, 2.45) is 5.41 Å². The van der Waals surface area contributed by atoms with Gasteiger partial charge in [-0.2, -0.15) is 0 Å². The number of aromatic nitrogens is 2. The van der Waals surface area contributed by atoms with Crippen LogP contribution in [0.4, 0.5) is 9.93 Å². The predicted octanol–water partition coefficient (Wildman–Crippen LogP) is 4.32. The quantitative estimate of drug-likeness (QED) is 0.735. The van der Waals surface area contributed by atoms with Crippen LogP contribution in [0.1, 0.15) is 44.1 Å². The average Bonchev–Trinajstić information content (AvgIpc) is 3.43. The number of allylic oxidation sites excluding steroid dienone is 1. The Morgan fingerprint density at radius 1 is 1.38 bits per heavy atom. The van der Waals surface area contributed by atoms with E-state index in [1.807, 2.05) is 11.1 Å². The highest BCUT2D eigenvalue weighted by Crippen LogP contribution is 2.40. The first-order chi connectivity index (χ1) is 15.6. The molecule has 2 amide bonds. The number of ether oxygens (including phenoxy) is 3. The van der Waals surface area contributed by atoms with Gasteiger partial charge in [-0.1, -0.05) is 17.4 Å². The van der Waals surface area contributed by atoms with Crippen LogP contribution in [0, 0.1) is 5.41 Å². The van der Waals surface area contributed by atoms with Crippen LogP contribution in [0.25, 0.3) is 15.8 Å². The highest BCUT2D eigenvalue weighted by molar-refractivity contribution is 7.22. The molecule has 2 saturated heterocycles. The Balaban J connectivity index is 1.37. The second-order valence-electron chi connectivity index (χ2n) is 9.00. The van der Waals surface area contributed by atoms with Crippen molar-refractivity contribution in [1.82, 2.24) is 14.9 Å². The molecule has 2 atom stereocenters. The zero-order valence-corrected chi connectivity index (χ0v) is 19.5. The number of fused-ring (bicyclic) bond motifs is 1. The van der Waals surface area contributed by atoms with Crippen molar-refractivity contribution in [3.05, 3.63) is 17.8 Å². The minimum absolute atomic E-state index is 0.0974. The van der Waals surface area contributed by atoms with Crippen molar-refractivity contribution < 1.29 is 19.0 Å². The van der Waals surface area contributed by atoms with Gasteiger partial charge in [0, 0.05) is 44.0 Å². The lowest BCUT2D eigenvalue weighted by atomic mass is 9.82. The summed E-state index contributed by atoms with van der Waals surface area (Å²) in [4.78, 5) is 24.1. The van der Waals surface area contributed by atoms with Crippen LogP contribution < -0.4 is 10.1 Å². The summed E-state index contributed by atoms with van der Waals surface area (Å²) in [7, 11) is 3.36. The van der Waals surface area contributed by atoms with Gasteiger partial charge in [-0.3, -0.25) is 5.32 Å². The van der Waals surface area contributed by atoms with Crippen molar-refractivity contribution in [1.29, 1.82) is 0 Å². The number of nitrogens with one attached hydrogen (secondary N) is 1. The first-order valence-corrected chi connectivity index (χ1v) is 12.1. The van der Waals surface area contributed by atoms with E-state index in [0.717, 1.165) is 75.1 Å². The number of thiazole rings is 1. The van der Waals surface area contributed by atoms with Crippen LogP contribution in [-0.4, -0.2) is 67.5 Å². The molecule has 0 aromatic carbocycles. The summed E-state index contributed by atoms with van der Waals surface area (Å²) in [5.74, 6) is 0.478. The van der Waals surface area contributed by atoms with E-state index in [1.54, 1.807) is 14.2 Å². The minimum Gasteiger partial charge on any atom is -0.479 e. The molecule has 2 aliphatic heterocycles. The standard InChI is InChI=1S/C23H30N4O4S/c1-29-16-6-4-15(5-7-16)17-12-24-20(30-2)18-19(17)32-21(25-18)26-22(28)27-10-9-23(13-27)8-3-11-31-14-23/h4,12,16H,3,5-11,13-14H2,1-2H3,(H,25,26,28)/t16?,23-/m0/s1. The van der Waals surface area contributed by atoms with E-state index in [2.05, 4.69) is 21.4 Å². The number of likely N-dealkylation sites (tertiary alicyclic amines) is 1. The number of methoxy groups -OCH3 is 2. The van der Waals surface area contributed by atoms with E-state index in [4.69, 9.17) is 14.2 Å². The summed E-state index contributed by atoms with van der Waals surface area (Å²) in [5.41, 5.74) is 3.13. The van der Waals surface area contributed by atoms with Gasteiger partial charge < -0.3 is 19.1 Å². The summed E-state index contributed by atoms with van der Waals surface area (Å²) < 4.78 is 17.6. The lowest BCUT2D eigenvalue weighted by Gasteiger charge is -2.32. The molecule has 172 valence electrons. The molecule has 0 bridgehead atoms. The van der Waals surface area contributed by atoms with Gasteiger partial charge in [0.1, 0.15) is 5.52 Å². The molecule has 0 radical (unpaired) electrons. The molecule has 8 nitrogen and oxygen atoms in total. The number of amides is 2. The molecule has 9 heteroatoms. The second kappa shape index (κ2) is 8.96. The van der Waals surface area contributed by atoms with E-state index in [9.17, 15) is 4.79 Å². The molecular weight excluding hydrogens is 428 g/mol. The number of rotatable bonds is 4. The van der Waals surface area contributed by atoms with Crippen LogP contribution in [0.3, 0.4) is 0 Å². The van der Waals surface area contributed by atoms with Gasteiger partial charge >= 0.3 is 6.03 Å². The molecule has 1 aliphatic carbocycles. The SMILES string of the molecule is COc1ncc(C2=CCC(OC)CC2)c2sc(NC(=O)N3CC[C@@]4(CCCOC4)C3)nc12. The van der Waals surface area contributed by atoms with E-state index in [-0.39, 0.29) is 17.6 Å². The molecular formula is C23H30N4O4S. The normalized spacial score (nSPS) is 25.9. The van der Waals surface area contributed by atoms with Gasteiger partial charge in [-0.15, -0.1) is 0 Å². The maximum absolute atomic E-state index is 13.0. The Labute approximate surface area is 192 Å². The summed E-state index contributed by atoms with van der Waals surface area (Å²) >= 11 is 1.48. The number of anilines is 1. The third-order valence-electron chi connectivity index (χ3n) is 6.96. The van der Waals surface area contributed by atoms with E-state index < -0.39 is 0 Å². The maximum atomic E-state index is 13.0. The van der Waals surface area contributed by atoms with Crippen LogP contribution in [0.15, 0.2) is 12.3 Å². The number of pyridine rings is 1. The minimum atomic E-state index is -0.0974. The van der Waals surface area contributed by atoms with Crippen molar-refractivity contribution in [2.75, 3.05) is 45.8 Å². The zero-order chi connectivity index (χ0) is 22.1. The highest BCUT2D eigenvalue weighted by Gasteiger charge is 2.41. The summed E-state index contributed by atoms with van der Waals surface area (Å²) in [6, 6.07) is -0.0974. The lowest BCUT2D eigenvalue weighted by molar-refractivity contribution is -0.000213. The Morgan fingerprint density at radius 2 is 2.28 bits per heavy atom. The summed E-state index contributed by atoms with van der Waals surface area (Å²) in [6.45, 7) is 3.08. The number of hydrogen-bond acceptors (Lipinski definition) is 7.